The number of likely N-dealkylation sites (N-methyl/N-ethyl adjacent to an activating group) is 1. The fourth-order valence-electron chi connectivity index (χ4n) is 3.09. The van der Waals surface area contributed by atoms with Gasteiger partial charge in [-0.1, -0.05) is 32.0 Å². The number of amides is 1. The first-order valence-corrected chi connectivity index (χ1v) is 8.44. The lowest BCUT2D eigenvalue weighted by Crippen LogP contribution is -2.34. The van der Waals surface area contributed by atoms with Crippen molar-refractivity contribution >= 4 is 16.8 Å². The molecule has 1 aliphatic rings. The summed E-state index contributed by atoms with van der Waals surface area (Å²) < 4.78 is 0. The van der Waals surface area contributed by atoms with E-state index in [1.54, 1.807) is 0 Å². The van der Waals surface area contributed by atoms with E-state index in [0.29, 0.717) is 5.92 Å². The van der Waals surface area contributed by atoms with Crippen molar-refractivity contribution in [2.24, 2.45) is 0 Å². The van der Waals surface area contributed by atoms with Gasteiger partial charge < -0.3 is 9.80 Å². The molecular formula is C19H25N3O. The smallest absolute Gasteiger partial charge is 0.254 e. The van der Waals surface area contributed by atoms with Crippen LogP contribution in [0, 0.1) is 0 Å². The third kappa shape index (κ3) is 3.37. The van der Waals surface area contributed by atoms with Crippen molar-refractivity contribution in [3.05, 3.63) is 41.6 Å². The predicted molar refractivity (Wildman–Crippen MR) is 93.8 cm³/mol. The Morgan fingerprint density at radius 1 is 1.13 bits per heavy atom. The van der Waals surface area contributed by atoms with E-state index in [1.165, 1.54) is 0 Å². The summed E-state index contributed by atoms with van der Waals surface area (Å²) >= 11 is 0. The van der Waals surface area contributed by atoms with E-state index in [9.17, 15) is 4.79 Å². The lowest BCUT2D eigenvalue weighted by atomic mass is 10.0. The van der Waals surface area contributed by atoms with Gasteiger partial charge in [-0.05, 0) is 38.1 Å². The van der Waals surface area contributed by atoms with Crippen LogP contribution >= 0.6 is 0 Å². The topological polar surface area (TPSA) is 36.4 Å². The monoisotopic (exact) mass is 311 g/mol. The summed E-state index contributed by atoms with van der Waals surface area (Å²) in [5.74, 6) is 0.447. The number of hydrogen-bond donors (Lipinski definition) is 0. The molecule has 23 heavy (non-hydrogen) atoms. The van der Waals surface area contributed by atoms with Gasteiger partial charge in [-0.25, -0.2) is 0 Å². The first-order valence-electron chi connectivity index (χ1n) is 8.44. The van der Waals surface area contributed by atoms with Crippen LogP contribution in [0.3, 0.4) is 0 Å². The molecule has 0 aliphatic carbocycles. The molecule has 1 aromatic carbocycles. The molecule has 4 heteroatoms. The quantitative estimate of drug-likeness (QED) is 0.855. The molecule has 0 atom stereocenters. The number of rotatable bonds is 2. The van der Waals surface area contributed by atoms with E-state index >= 15 is 0 Å². The van der Waals surface area contributed by atoms with Crippen molar-refractivity contribution < 1.29 is 4.79 Å². The fraction of sp³-hybridized carbons (Fsp3) is 0.474. The molecule has 1 aliphatic heterocycles. The number of carbonyl (C=O) groups excluding carboxylic acids is 1. The molecule has 0 unspecified atom stereocenters. The van der Waals surface area contributed by atoms with Crippen LogP contribution in [0.5, 0.6) is 0 Å². The van der Waals surface area contributed by atoms with Gasteiger partial charge in [0.15, 0.2) is 0 Å². The number of nitrogens with zero attached hydrogens (tertiary/aromatic N) is 3. The summed E-state index contributed by atoms with van der Waals surface area (Å²) in [5.41, 5.74) is 2.69. The highest BCUT2D eigenvalue weighted by atomic mass is 16.2. The Morgan fingerprint density at radius 3 is 2.70 bits per heavy atom. The fourth-order valence-corrected chi connectivity index (χ4v) is 3.09. The average Bonchev–Trinajstić information content (AvgIpc) is 2.77. The van der Waals surface area contributed by atoms with E-state index in [2.05, 4.69) is 25.8 Å². The minimum Gasteiger partial charge on any atom is -0.337 e. The van der Waals surface area contributed by atoms with Crippen molar-refractivity contribution in [2.75, 3.05) is 33.2 Å². The van der Waals surface area contributed by atoms with Crippen LogP contribution in [0.1, 0.15) is 42.2 Å². The summed E-state index contributed by atoms with van der Waals surface area (Å²) in [5, 5.41) is 0.958. The molecule has 2 heterocycles. The Kier molecular flexibility index (Phi) is 4.62. The van der Waals surface area contributed by atoms with Crippen LogP contribution in [0.4, 0.5) is 0 Å². The van der Waals surface area contributed by atoms with Crippen LogP contribution in [0.25, 0.3) is 10.9 Å². The first kappa shape index (κ1) is 15.9. The summed E-state index contributed by atoms with van der Waals surface area (Å²) in [4.78, 5) is 22.1. The third-order valence-corrected chi connectivity index (χ3v) is 4.56. The molecule has 1 fully saturated rings. The summed E-state index contributed by atoms with van der Waals surface area (Å²) in [7, 11) is 2.12. The van der Waals surface area contributed by atoms with E-state index in [4.69, 9.17) is 4.98 Å². The third-order valence-electron chi connectivity index (χ3n) is 4.56. The Morgan fingerprint density at radius 2 is 1.91 bits per heavy atom. The summed E-state index contributed by atoms with van der Waals surface area (Å²) in [6, 6.07) is 9.95. The predicted octanol–water partition coefficient (Wildman–Crippen LogP) is 3.14. The lowest BCUT2D eigenvalue weighted by Gasteiger charge is -2.22. The maximum atomic E-state index is 13.1. The number of para-hydroxylation sites is 1. The average molecular weight is 311 g/mol. The van der Waals surface area contributed by atoms with E-state index in [-0.39, 0.29) is 5.91 Å². The number of aromatic nitrogens is 1. The van der Waals surface area contributed by atoms with Gasteiger partial charge >= 0.3 is 0 Å². The highest BCUT2D eigenvalue weighted by Crippen LogP contribution is 2.24. The molecule has 0 saturated carbocycles. The highest BCUT2D eigenvalue weighted by molar-refractivity contribution is 6.06. The summed E-state index contributed by atoms with van der Waals surface area (Å²) in [6.07, 6.45) is 1.03. The summed E-state index contributed by atoms with van der Waals surface area (Å²) in [6.45, 7) is 7.85. The largest absolute Gasteiger partial charge is 0.337 e. The van der Waals surface area contributed by atoms with Crippen LogP contribution in [-0.4, -0.2) is 53.9 Å². The van der Waals surface area contributed by atoms with Crippen molar-refractivity contribution in [1.29, 1.82) is 0 Å². The number of hydrogen-bond acceptors (Lipinski definition) is 3. The Hall–Kier alpha value is -1.94. The first-order chi connectivity index (χ1) is 11.1. The molecule has 4 nitrogen and oxygen atoms in total. The van der Waals surface area contributed by atoms with Gasteiger partial charge in [0.25, 0.3) is 5.91 Å². The van der Waals surface area contributed by atoms with Crippen molar-refractivity contribution in [2.45, 2.75) is 26.2 Å². The van der Waals surface area contributed by atoms with E-state index in [1.807, 2.05) is 35.2 Å². The maximum Gasteiger partial charge on any atom is 0.254 e. The Bertz CT molecular complexity index is 711. The molecule has 122 valence electrons. The van der Waals surface area contributed by atoms with Gasteiger partial charge in [-0.2, -0.15) is 0 Å². The molecule has 1 saturated heterocycles. The Balaban J connectivity index is 2.01. The number of pyridine rings is 1. The highest BCUT2D eigenvalue weighted by Gasteiger charge is 2.22. The van der Waals surface area contributed by atoms with Crippen LogP contribution < -0.4 is 0 Å². The second-order valence-electron chi connectivity index (χ2n) is 6.72. The van der Waals surface area contributed by atoms with Gasteiger partial charge in [0, 0.05) is 30.7 Å². The molecule has 3 rings (SSSR count). The number of benzene rings is 1. The molecule has 0 radical (unpaired) electrons. The van der Waals surface area contributed by atoms with Crippen molar-refractivity contribution in [1.82, 2.24) is 14.8 Å². The van der Waals surface area contributed by atoms with E-state index in [0.717, 1.165) is 54.8 Å². The van der Waals surface area contributed by atoms with Crippen molar-refractivity contribution in [3.63, 3.8) is 0 Å². The Labute approximate surface area is 138 Å². The van der Waals surface area contributed by atoms with Gasteiger partial charge in [-0.3, -0.25) is 9.78 Å². The van der Waals surface area contributed by atoms with E-state index < -0.39 is 0 Å². The molecule has 2 aromatic rings. The van der Waals surface area contributed by atoms with Crippen molar-refractivity contribution in [3.8, 4) is 0 Å². The minimum atomic E-state index is 0.140. The second kappa shape index (κ2) is 6.67. The second-order valence-corrected chi connectivity index (χ2v) is 6.72. The van der Waals surface area contributed by atoms with Gasteiger partial charge in [0.1, 0.15) is 0 Å². The normalized spacial score (nSPS) is 16.8. The van der Waals surface area contributed by atoms with Crippen LogP contribution in [0.2, 0.25) is 0 Å². The molecule has 0 spiro atoms. The maximum absolute atomic E-state index is 13.1. The zero-order valence-corrected chi connectivity index (χ0v) is 14.2. The molecule has 0 bridgehead atoms. The minimum absolute atomic E-state index is 0.140. The molecule has 1 aromatic heterocycles. The molecule has 1 amide bonds. The van der Waals surface area contributed by atoms with Gasteiger partial charge in [-0.15, -0.1) is 0 Å². The van der Waals surface area contributed by atoms with Gasteiger partial charge in [0.05, 0.1) is 11.1 Å². The van der Waals surface area contributed by atoms with Crippen LogP contribution in [-0.2, 0) is 0 Å². The zero-order chi connectivity index (χ0) is 16.4. The van der Waals surface area contributed by atoms with Gasteiger partial charge in [0.2, 0.25) is 0 Å². The number of carbonyl (C=O) groups is 1. The molecular weight excluding hydrogens is 286 g/mol. The lowest BCUT2D eigenvalue weighted by molar-refractivity contribution is 0.0764. The van der Waals surface area contributed by atoms with Crippen LogP contribution in [0.15, 0.2) is 30.3 Å². The SMILES string of the molecule is CC(C)c1cc(C(=O)N2CCCN(C)CC2)c2ccccc2n1. The zero-order valence-electron chi connectivity index (χ0n) is 14.2. The standard InChI is InChI=1S/C19H25N3O/c1-14(2)18-13-16(15-7-4-5-8-17(15)20-18)19(23)22-10-6-9-21(3)11-12-22/h4-5,7-8,13-14H,6,9-12H2,1-3H3. The molecule has 0 N–H and O–H groups in total. The number of fused-ring (bicyclic) bond motifs is 1.